The number of aliphatic hydroxyl groups is 1. The summed E-state index contributed by atoms with van der Waals surface area (Å²) in [7, 11) is 0. The second-order valence-corrected chi connectivity index (χ2v) is 6.14. The summed E-state index contributed by atoms with van der Waals surface area (Å²) in [5.74, 6) is 0.170. The van der Waals surface area contributed by atoms with E-state index < -0.39 is 0 Å². The van der Waals surface area contributed by atoms with E-state index in [2.05, 4.69) is 10.2 Å². The van der Waals surface area contributed by atoms with Crippen LogP contribution >= 0.6 is 0 Å². The molecule has 2 N–H and O–H groups in total. The molecular formula is C15H28N2O2. The topological polar surface area (TPSA) is 52.6 Å². The fourth-order valence-electron chi connectivity index (χ4n) is 3.19. The molecule has 0 bridgehead atoms. The molecule has 0 aromatic carbocycles. The molecule has 0 radical (unpaired) electrons. The lowest BCUT2D eigenvalue weighted by atomic mass is 9.93. The van der Waals surface area contributed by atoms with Crippen molar-refractivity contribution in [1.82, 2.24) is 10.2 Å². The van der Waals surface area contributed by atoms with Gasteiger partial charge in [0.2, 0.25) is 5.91 Å². The Hall–Kier alpha value is -0.610. The van der Waals surface area contributed by atoms with E-state index in [9.17, 15) is 9.90 Å². The lowest BCUT2D eigenvalue weighted by molar-refractivity contribution is -0.127. The van der Waals surface area contributed by atoms with Gasteiger partial charge in [-0.05, 0) is 58.5 Å². The van der Waals surface area contributed by atoms with E-state index in [1.54, 1.807) is 0 Å². The van der Waals surface area contributed by atoms with Crippen LogP contribution in [0.25, 0.3) is 0 Å². The molecule has 1 heterocycles. The summed E-state index contributed by atoms with van der Waals surface area (Å²) in [5, 5.41) is 12.6. The monoisotopic (exact) mass is 268 g/mol. The first kappa shape index (κ1) is 14.8. The van der Waals surface area contributed by atoms with Gasteiger partial charge in [0, 0.05) is 6.04 Å². The maximum absolute atomic E-state index is 12.3. The molecule has 2 fully saturated rings. The molecule has 0 aromatic rings. The van der Waals surface area contributed by atoms with Crippen LogP contribution in [0.15, 0.2) is 0 Å². The highest BCUT2D eigenvalue weighted by molar-refractivity contribution is 5.81. The molecule has 4 heteroatoms. The Morgan fingerprint density at radius 2 is 1.68 bits per heavy atom. The summed E-state index contributed by atoms with van der Waals surface area (Å²) in [6.07, 6.45) is 8.35. The van der Waals surface area contributed by atoms with Crippen LogP contribution in [-0.2, 0) is 4.79 Å². The summed E-state index contributed by atoms with van der Waals surface area (Å²) in [6.45, 7) is 4.13. The Bertz CT molecular complexity index is 280. The zero-order valence-electron chi connectivity index (χ0n) is 12.1. The number of rotatable bonds is 3. The van der Waals surface area contributed by atoms with Gasteiger partial charge >= 0.3 is 0 Å². The van der Waals surface area contributed by atoms with Crippen LogP contribution in [0, 0.1) is 0 Å². The van der Waals surface area contributed by atoms with Crippen molar-refractivity contribution < 1.29 is 9.90 Å². The number of carbonyl (C=O) groups excluding carboxylic acids is 1. The van der Waals surface area contributed by atoms with Crippen LogP contribution in [0.5, 0.6) is 0 Å². The van der Waals surface area contributed by atoms with E-state index in [4.69, 9.17) is 0 Å². The zero-order valence-corrected chi connectivity index (χ0v) is 12.1. The van der Waals surface area contributed by atoms with Gasteiger partial charge in [0.1, 0.15) is 0 Å². The fraction of sp³-hybridized carbons (Fsp3) is 0.933. The SMILES string of the molecule is CC(C(=O)NC1CCC(O)CC1)N1CCCCCC1. The average Bonchev–Trinajstić information content (AvgIpc) is 2.69. The predicted octanol–water partition coefficient (Wildman–Crippen LogP) is 1.67. The number of nitrogens with one attached hydrogen (secondary N) is 1. The summed E-state index contributed by atoms with van der Waals surface area (Å²) in [5.41, 5.74) is 0. The number of hydrogen-bond donors (Lipinski definition) is 2. The van der Waals surface area contributed by atoms with E-state index in [-0.39, 0.29) is 24.1 Å². The summed E-state index contributed by atoms with van der Waals surface area (Å²) in [4.78, 5) is 14.6. The molecule has 19 heavy (non-hydrogen) atoms. The standard InChI is InChI=1S/C15H28N2O2/c1-12(17-10-4-2-3-5-11-17)15(19)16-13-6-8-14(18)9-7-13/h12-14,18H,2-11H2,1H3,(H,16,19). The van der Waals surface area contributed by atoms with Gasteiger partial charge in [0.25, 0.3) is 0 Å². The molecule has 1 aliphatic carbocycles. The molecule has 1 saturated carbocycles. The largest absolute Gasteiger partial charge is 0.393 e. The Kier molecular flexibility index (Phi) is 5.64. The second-order valence-electron chi connectivity index (χ2n) is 6.14. The molecule has 1 atom stereocenters. The maximum Gasteiger partial charge on any atom is 0.237 e. The van der Waals surface area contributed by atoms with Crippen LogP contribution in [0.2, 0.25) is 0 Å². The predicted molar refractivity (Wildman–Crippen MR) is 75.9 cm³/mol. The summed E-state index contributed by atoms with van der Waals surface area (Å²) < 4.78 is 0. The van der Waals surface area contributed by atoms with Gasteiger partial charge in [0.05, 0.1) is 12.1 Å². The fourth-order valence-corrected chi connectivity index (χ4v) is 3.19. The van der Waals surface area contributed by atoms with Gasteiger partial charge < -0.3 is 10.4 Å². The molecule has 110 valence electrons. The normalized spacial score (nSPS) is 31.5. The average molecular weight is 268 g/mol. The van der Waals surface area contributed by atoms with Crippen molar-refractivity contribution in [3.63, 3.8) is 0 Å². The second kappa shape index (κ2) is 7.25. The van der Waals surface area contributed by atoms with Crippen molar-refractivity contribution in [2.45, 2.75) is 76.5 Å². The van der Waals surface area contributed by atoms with Crippen molar-refractivity contribution in [2.75, 3.05) is 13.1 Å². The van der Waals surface area contributed by atoms with E-state index in [1.807, 2.05) is 6.92 Å². The van der Waals surface area contributed by atoms with Crippen LogP contribution in [0.4, 0.5) is 0 Å². The Labute approximate surface area is 116 Å². The highest BCUT2D eigenvalue weighted by Crippen LogP contribution is 2.19. The van der Waals surface area contributed by atoms with E-state index >= 15 is 0 Å². The van der Waals surface area contributed by atoms with Gasteiger partial charge in [-0.1, -0.05) is 12.8 Å². The lowest BCUT2D eigenvalue weighted by Crippen LogP contribution is -2.49. The minimum atomic E-state index is -0.156. The van der Waals surface area contributed by atoms with Gasteiger partial charge in [0.15, 0.2) is 0 Å². The summed E-state index contributed by atoms with van der Waals surface area (Å²) in [6, 6.07) is 0.260. The van der Waals surface area contributed by atoms with E-state index in [1.165, 1.54) is 25.7 Å². The minimum Gasteiger partial charge on any atom is -0.393 e. The van der Waals surface area contributed by atoms with Crippen LogP contribution < -0.4 is 5.32 Å². The van der Waals surface area contributed by atoms with E-state index in [0.29, 0.717) is 0 Å². The quantitative estimate of drug-likeness (QED) is 0.818. The van der Waals surface area contributed by atoms with Crippen molar-refractivity contribution in [2.24, 2.45) is 0 Å². The molecule has 1 amide bonds. The molecule has 1 aliphatic heterocycles. The molecule has 0 aromatic heterocycles. The number of carbonyl (C=O) groups is 1. The van der Waals surface area contributed by atoms with Gasteiger partial charge in [-0.2, -0.15) is 0 Å². The smallest absolute Gasteiger partial charge is 0.237 e. The molecule has 2 rings (SSSR count). The third-order valence-corrected chi connectivity index (χ3v) is 4.61. The van der Waals surface area contributed by atoms with Crippen molar-refractivity contribution >= 4 is 5.91 Å². The van der Waals surface area contributed by atoms with E-state index in [0.717, 1.165) is 38.8 Å². The Balaban J connectivity index is 1.78. The number of likely N-dealkylation sites (tertiary alicyclic amines) is 1. The van der Waals surface area contributed by atoms with Crippen molar-refractivity contribution in [3.05, 3.63) is 0 Å². The Morgan fingerprint density at radius 3 is 2.26 bits per heavy atom. The summed E-state index contributed by atoms with van der Waals surface area (Å²) >= 11 is 0. The van der Waals surface area contributed by atoms with Gasteiger partial charge in [-0.25, -0.2) is 0 Å². The first-order chi connectivity index (χ1) is 9.16. The number of hydrogen-bond acceptors (Lipinski definition) is 3. The third-order valence-electron chi connectivity index (χ3n) is 4.61. The molecule has 0 spiro atoms. The zero-order chi connectivity index (χ0) is 13.7. The van der Waals surface area contributed by atoms with Gasteiger partial charge in [-0.3, -0.25) is 9.69 Å². The molecule has 1 saturated heterocycles. The van der Waals surface area contributed by atoms with Gasteiger partial charge in [-0.15, -0.1) is 0 Å². The number of nitrogens with zero attached hydrogens (tertiary/aromatic N) is 1. The van der Waals surface area contributed by atoms with Crippen LogP contribution in [0.1, 0.15) is 58.3 Å². The first-order valence-corrected chi connectivity index (χ1v) is 7.89. The molecule has 2 aliphatic rings. The highest BCUT2D eigenvalue weighted by Gasteiger charge is 2.26. The molecule has 1 unspecified atom stereocenters. The van der Waals surface area contributed by atoms with Crippen molar-refractivity contribution in [3.8, 4) is 0 Å². The van der Waals surface area contributed by atoms with Crippen LogP contribution in [0.3, 0.4) is 0 Å². The highest BCUT2D eigenvalue weighted by atomic mass is 16.3. The third kappa shape index (κ3) is 4.46. The lowest BCUT2D eigenvalue weighted by Gasteiger charge is -2.31. The molecule has 4 nitrogen and oxygen atoms in total. The number of amides is 1. The van der Waals surface area contributed by atoms with Crippen LogP contribution in [-0.4, -0.2) is 47.2 Å². The van der Waals surface area contributed by atoms with Crippen molar-refractivity contribution in [1.29, 1.82) is 0 Å². The number of aliphatic hydroxyl groups excluding tert-OH is 1. The maximum atomic E-state index is 12.3. The molecular weight excluding hydrogens is 240 g/mol. The Morgan fingerprint density at radius 1 is 1.11 bits per heavy atom. The first-order valence-electron chi connectivity index (χ1n) is 7.89. The minimum absolute atomic E-state index is 0.00931.